The van der Waals surface area contributed by atoms with Crippen molar-refractivity contribution in [2.75, 3.05) is 5.32 Å². The van der Waals surface area contributed by atoms with Gasteiger partial charge in [-0.25, -0.2) is 4.99 Å². The van der Waals surface area contributed by atoms with Crippen molar-refractivity contribution in [2.24, 2.45) is 4.99 Å². The first-order chi connectivity index (χ1) is 17.0. The topological polar surface area (TPSA) is 170 Å². The number of benzene rings is 2. The molecule has 2 aliphatic heterocycles. The smallest absolute Gasteiger partial charge is 0.290 e. The van der Waals surface area contributed by atoms with Crippen LogP contribution >= 0.6 is 0 Å². The lowest BCUT2D eigenvalue weighted by molar-refractivity contribution is -0.117. The second-order valence-corrected chi connectivity index (χ2v) is 7.35. The molecule has 0 fully saturated rings. The molecule has 35 heavy (non-hydrogen) atoms. The molecular formula is C25H20N8O2. The molecular weight excluding hydrogens is 444 g/mol. The zero-order valence-corrected chi connectivity index (χ0v) is 18.3. The van der Waals surface area contributed by atoms with Crippen molar-refractivity contribution in [3.63, 3.8) is 0 Å². The molecule has 0 bridgehead atoms. The number of nitrogens with zero attached hydrogens (tertiary/aromatic N) is 2. The summed E-state index contributed by atoms with van der Waals surface area (Å²) in [6, 6.07) is 18.0. The number of hydrogen-bond donors (Lipinski definition) is 6. The van der Waals surface area contributed by atoms with Crippen LogP contribution < -0.4 is 16.0 Å². The number of amidine groups is 1. The summed E-state index contributed by atoms with van der Waals surface area (Å²) in [6.07, 6.45) is 4.17. The van der Waals surface area contributed by atoms with Gasteiger partial charge in [0, 0.05) is 23.5 Å². The number of anilines is 1. The molecule has 4 rings (SSSR count). The fourth-order valence-electron chi connectivity index (χ4n) is 3.45. The van der Waals surface area contributed by atoms with E-state index < -0.39 is 24.0 Å². The van der Waals surface area contributed by atoms with Gasteiger partial charge < -0.3 is 26.1 Å². The van der Waals surface area contributed by atoms with Crippen LogP contribution in [0.1, 0.15) is 11.1 Å². The van der Waals surface area contributed by atoms with E-state index in [0.29, 0.717) is 22.7 Å². The first-order valence-corrected chi connectivity index (χ1v) is 10.4. The molecule has 172 valence electrons. The minimum atomic E-state index is -1.21. The average Bonchev–Trinajstić information content (AvgIpc) is 3.01. The molecule has 2 aromatic carbocycles. The van der Waals surface area contributed by atoms with Gasteiger partial charge in [-0.2, -0.15) is 5.26 Å². The van der Waals surface area contributed by atoms with E-state index in [-0.39, 0.29) is 5.57 Å². The average molecular weight is 464 g/mol. The molecule has 0 saturated carbocycles. The number of hydrogen-bond acceptors (Lipinski definition) is 8. The molecule has 0 radical (unpaired) electrons. The summed E-state index contributed by atoms with van der Waals surface area (Å²) in [5, 5.41) is 41.4. The fourth-order valence-corrected chi connectivity index (χ4v) is 3.45. The van der Waals surface area contributed by atoms with Gasteiger partial charge >= 0.3 is 0 Å². The summed E-state index contributed by atoms with van der Waals surface area (Å²) in [5.74, 6) is -1.03. The van der Waals surface area contributed by atoms with Crippen LogP contribution in [0.5, 0.6) is 0 Å². The molecule has 1 amide bonds. The molecule has 0 saturated heterocycles. The van der Waals surface area contributed by atoms with Crippen LogP contribution in [0.15, 0.2) is 94.8 Å². The summed E-state index contributed by atoms with van der Waals surface area (Å²) in [4.78, 5) is 17.5. The van der Waals surface area contributed by atoms with Crippen molar-refractivity contribution >= 4 is 35.4 Å². The van der Waals surface area contributed by atoms with E-state index in [0.717, 1.165) is 17.3 Å². The van der Waals surface area contributed by atoms with Gasteiger partial charge in [0.15, 0.2) is 0 Å². The van der Waals surface area contributed by atoms with Crippen LogP contribution in [0.3, 0.4) is 0 Å². The van der Waals surface area contributed by atoms with Crippen molar-refractivity contribution in [1.29, 1.82) is 21.5 Å². The number of allylic oxidation sites excluding steroid dienone is 3. The number of carbonyl (C=O) groups is 1. The number of carbonyl (C=O) groups excluding carboxylic acids is 1. The Kier molecular flexibility index (Phi) is 6.60. The maximum atomic E-state index is 12.9. The Morgan fingerprint density at radius 3 is 2.63 bits per heavy atom. The molecule has 10 heteroatoms. The van der Waals surface area contributed by atoms with E-state index in [1.807, 2.05) is 48.5 Å². The summed E-state index contributed by atoms with van der Waals surface area (Å²) in [5.41, 5.74) is 3.28. The molecule has 2 aliphatic rings. The summed E-state index contributed by atoms with van der Waals surface area (Å²) >= 11 is 0. The number of para-hydroxylation sites is 1. The van der Waals surface area contributed by atoms with Crippen LogP contribution in [0.25, 0.3) is 0 Å². The van der Waals surface area contributed by atoms with E-state index in [9.17, 15) is 4.79 Å². The number of nitrogens with one attached hydrogen (secondary N) is 6. The van der Waals surface area contributed by atoms with E-state index in [1.54, 1.807) is 18.2 Å². The number of aliphatic imine (C=N–C) groups is 1. The predicted octanol–water partition coefficient (Wildman–Crippen LogP) is 2.79. The zero-order chi connectivity index (χ0) is 24.8. The highest BCUT2D eigenvalue weighted by Gasteiger charge is 2.27. The monoisotopic (exact) mass is 464 g/mol. The van der Waals surface area contributed by atoms with Crippen molar-refractivity contribution in [2.45, 2.75) is 6.17 Å². The Bertz CT molecular complexity index is 1380. The standard InChI is InChI=1S/C25H20N8O2/c26-13-15-10-11-30-20(12-15)18(14-27)22(28)35-25(29)33-23-24(34)31-19-9-5-4-8-17(19)21(32-23)16-6-2-1-3-7-16/h1-12,14,23,27-28,30H,(H2,29,33)(H,31,34)/b20-18+,27-14?,28-22?/t23-/m1/s1. The van der Waals surface area contributed by atoms with Crippen LogP contribution in [-0.2, 0) is 9.53 Å². The third-order valence-electron chi connectivity index (χ3n) is 5.08. The number of rotatable bonds is 4. The van der Waals surface area contributed by atoms with Gasteiger partial charge in [0.05, 0.1) is 34.3 Å². The SMILES string of the molecule is N#CC1=C/C(=C(/C=N)C(=N)OC(=N)N[C@H]2N=C(c3ccccc3)c3ccccc3NC2=O)NC=C1. The van der Waals surface area contributed by atoms with Crippen molar-refractivity contribution in [3.05, 3.63) is 101 Å². The minimum Gasteiger partial charge on any atom is -0.407 e. The predicted molar refractivity (Wildman–Crippen MR) is 132 cm³/mol. The lowest BCUT2D eigenvalue weighted by atomic mass is 10.0. The van der Waals surface area contributed by atoms with Crippen LogP contribution in [-0.4, -0.2) is 35.9 Å². The normalized spacial score (nSPS) is 17.7. The minimum absolute atomic E-state index is 0.0137. The van der Waals surface area contributed by atoms with Gasteiger partial charge in [-0.1, -0.05) is 48.5 Å². The largest absolute Gasteiger partial charge is 0.407 e. The van der Waals surface area contributed by atoms with Gasteiger partial charge in [-0.15, -0.1) is 0 Å². The van der Waals surface area contributed by atoms with Crippen LogP contribution in [0, 0.1) is 27.6 Å². The summed E-state index contributed by atoms with van der Waals surface area (Å²) in [7, 11) is 0. The lowest BCUT2D eigenvalue weighted by Gasteiger charge is -2.17. The molecule has 0 aromatic heterocycles. The Labute approximate surface area is 200 Å². The van der Waals surface area contributed by atoms with E-state index >= 15 is 0 Å². The van der Waals surface area contributed by atoms with Gasteiger partial charge in [0.2, 0.25) is 12.1 Å². The summed E-state index contributed by atoms with van der Waals surface area (Å²) in [6.45, 7) is 0. The number of nitriles is 1. The van der Waals surface area contributed by atoms with Gasteiger partial charge in [-0.3, -0.25) is 15.6 Å². The fraction of sp³-hybridized carbons (Fsp3) is 0.0400. The molecule has 0 aliphatic carbocycles. The number of benzodiazepines with no additional fused rings is 1. The highest BCUT2D eigenvalue weighted by atomic mass is 16.5. The number of dihydropyridines is 1. The van der Waals surface area contributed by atoms with Crippen molar-refractivity contribution in [3.8, 4) is 6.07 Å². The quantitative estimate of drug-likeness (QED) is 0.301. The zero-order valence-electron chi connectivity index (χ0n) is 18.3. The first kappa shape index (κ1) is 22.9. The molecule has 2 heterocycles. The molecule has 2 aromatic rings. The highest BCUT2D eigenvalue weighted by molar-refractivity contribution is 6.20. The van der Waals surface area contributed by atoms with Crippen LogP contribution in [0.4, 0.5) is 5.69 Å². The Balaban J connectivity index is 1.58. The number of amides is 1. The van der Waals surface area contributed by atoms with Gasteiger partial charge in [0.25, 0.3) is 11.9 Å². The Morgan fingerprint density at radius 2 is 1.89 bits per heavy atom. The lowest BCUT2D eigenvalue weighted by Crippen LogP contribution is -2.43. The summed E-state index contributed by atoms with van der Waals surface area (Å²) < 4.78 is 5.26. The van der Waals surface area contributed by atoms with E-state index in [4.69, 9.17) is 26.2 Å². The molecule has 1 atom stereocenters. The molecule has 6 N–H and O–H groups in total. The third-order valence-corrected chi connectivity index (χ3v) is 5.08. The number of fused-ring (bicyclic) bond motifs is 1. The molecule has 0 spiro atoms. The van der Waals surface area contributed by atoms with Gasteiger partial charge in [0.1, 0.15) is 0 Å². The maximum absolute atomic E-state index is 12.9. The first-order valence-electron chi connectivity index (χ1n) is 10.4. The van der Waals surface area contributed by atoms with E-state index in [2.05, 4.69) is 20.9 Å². The van der Waals surface area contributed by atoms with Crippen molar-refractivity contribution < 1.29 is 9.53 Å². The van der Waals surface area contributed by atoms with Gasteiger partial charge in [-0.05, 0) is 18.2 Å². The molecule has 10 nitrogen and oxygen atoms in total. The second-order valence-electron chi connectivity index (χ2n) is 7.35. The third kappa shape index (κ3) is 5.04. The van der Waals surface area contributed by atoms with Crippen molar-refractivity contribution in [1.82, 2.24) is 10.6 Å². The maximum Gasteiger partial charge on any atom is 0.290 e. The highest BCUT2D eigenvalue weighted by Crippen LogP contribution is 2.23. The second kappa shape index (κ2) is 10.1. The Hall–Kier alpha value is -5.30. The van der Waals surface area contributed by atoms with E-state index in [1.165, 1.54) is 12.3 Å². The molecule has 0 unspecified atom stereocenters. The number of ether oxygens (including phenoxy) is 1. The Morgan fingerprint density at radius 1 is 1.14 bits per heavy atom. The van der Waals surface area contributed by atoms with Crippen LogP contribution in [0.2, 0.25) is 0 Å².